The number of hydrogen-bond acceptors (Lipinski definition) is 3. The van der Waals surface area contributed by atoms with Gasteiger partial charge < -0.3 is 9.84 Å². The van der Waals surface area contributed by atoms with Crippen LogP contribution in [0.2, 0.25) is 5.02 Å². The second-order valence-electron chi connectivity index (χ2n) is 3.58. The number of rotatable bonds is 4. The van der Waals surface area contributed by atoms with E-state index in [4.69, 9.17) is 21.4 Å². The molecule has 0 atom stereocenters. The molecule has 1 heterocycles. The molecule has 0 saturated carbocycles. The van der Waals surface area contributed by atoms with Gasteiger partial charge in [0.25, 0.3) is 0 Å². The summed E-state index contributed by atoms with van der Waals surface area (Å²) >= 11 is 5.79. The minimum Gasteiger partial charge on any atom is -0.473 e. The number of aliphatic hydroxyl groups is 1. The van der Waals surface area contributed by atoms with Crippen molar-refractivity contribution < 1.29 is 9.84 Å². The van der Waals surface area contributed by atoms with Gasteiger partial charge in [0.05, 0.1) is 6.61 Å². The van der Waals surface area contributed by atoms with Gasteiger partial charge in [-0.05, 0) is 29.3 Å². The Balaban J connectivity index is 1.95. The van der Waals surface area contributed by atoms with Crippen molar-refractivity contribution in [2.45, 2.75) is 13.2 Å². The highest BCUT2D eigenvalue weighted by atomic mass is 35.5. The zero-order valence-corrected chi connectivity index (χ0v) is 9.89. The Bertz CT molecular complexity index is 468. The SMILES string of the molecule is OCc1ccc(OCc2ccc(Cl)cc2)nc1. The van der Waals surface area contributed by atoms with Gasteiger partial charge in [0.2, 0.25) is 5.88 Å². The fourth-order valence-electron chi connectivity index (χ4n) is 1.33. The van der Waals surface area contributed by atoms with Crippen LogP contribution >= 0.6 is 11.6 Å². The van der Waals surface area contributed by atoms with E-state index in [1.165, 1.54) is 0 Å². The van der Waals surface area contributed by atoms with E-state index >= 15 is 0 Å². The molecule has 4 heteroatoms. The van der Waals surface area contributed by atoms with Crippen molar-refractivity contribution in [1.82, 2.24) is 4.98 Å². The van der Waals surface area contributed by atoms with Crippen molar-refractivity contribution in [3.05, 3.63) is 58.7 Å². The number of halogens is 1. The lowest BCUT2D eigenvalue weighted by Crippen LogP contribution is -1.97. The maximum absolute atomic E-state index is 8.87. The topological polar surface area (TPSA) is 42.4 Å². The molecule has 2 aromatic rings. The summed E-state index contributed by atoms with van der Waals surface area (Å²) in [7, 11) is 0. The van der Waals surface area contributed by atoms with E-state index < -0.39 is 0 Å². The molecule has 2 rings (SSSR count). The molecule has 1 aromatic heterocycles. The molecule has 0 aliphatic heterocycles. The van der Waals surface area contributed by atoms with E-state index in [0.29, 0.717) is 17.5 Å². The molecule has 1 aromatic carbocycles. The summed E-state index contributed by atoms with van der Waals surface area (Å²) in [6.45, 7) is 0.438. The number of hydrogen-bond donors (Lipinski definition) is 1. The Hall–Kier alpha value is -1.58. The fraction of sp³-hybridized carbons (Fsp3) is 0.154. The first-order valence-electron chi connectivity index (χ1n) is 5.21. The van der Waals surface area contributed by atoms with Crippen LogP contribution in [0, 0.1) is 0 Å². The molecule has 1 N–H and O–H groups in total. The smallest absolute Gasteiger partial charge is 0.213 e. The molecule has 0 unspecified atom stereocenters. The van der Waals surface area contributed by atoms with E-state index in [2.05, 4.69) is 4.98 Å². The van der Waals surface area contributed by atoms with Crippen molar-refractivity contribution in [2.75, 3.05) is 0 Å². The average molecular weight is 250 g/mol. The van der Waals surface area contributed by atoms with Crippen molar-refractivity contribution in [3.63, 3.8) is 0 Å². The van der Waals surface area contributed by atoms with Gasteiger partial charge >= 0.3 is 0 Å². The lowest BCUT2D eigenvalue weighted by atomic mass is 10.2. The highest BCUT2D eigenvalue weighted by Gasteiger charge is 1.98. The van der Waals surface area contributed by atoms with Gasteiger partial charge in [-0.15, -0.1) is 0 Å². The number of benzene rings is 1. The molecule has 0 radical (unpaired) electrons. The summed E-state index contributed by atoms with van der Waals surface area (Å²) in [5.41, 5.74) is 1.80. The highest BCUT2D eigenvalue weighted by molar-refractivity contribution is 6.30. The zero-order valence-electron chi connectivity index (χ0n) is 9.14. The monoisotopic (exact) mass is 249 g/mol. The third kappa shape index (κ3) is 3.44. The summed E-state index contributed by atoms with van der Waals surface area (Å²) in [5, 5.41) is 9.58. The minimum atomic E-state index is -0.00946. The zero-order chi connectivity index (χ0) is 12.1. The number of ether oxygens (including phenoxy) is 1. The van der Waals surface area contributed by atoms with Gasteiger partial charge in [-0.25, -0.2) is 4.98 Å². The largest absolute Gasteiger partial charge is 0.473 e. The first-order valence-corrected chi connectivity index (χ1v) is 5.59. The normalized spacial score (nSPS) is 10.2. The van der Waals surface area contributed by atoms with Gasteiger partial charge in [-0.2, -0.15) is 0 Å². The second kappa shape index (κ2) is 5.66. The Kier molecular flexibility index (Phi) is 3.96. The molecule has 0 saturated heterocycles. The van der Waals surface area contributed by atoms with Gasteiger partial charge in [-0.1, -0.05) is 23.7 Å². The predicted octanol–water partition coefficient (Wildman–Crippen LogP) is 2.81. The average Bonchev–Trinajstić information content (AvgIpc) is 2.39. The lowest BCUT2D eigenvalue weighted by molar-refractivity contribution is 0.278. The summed E-state index contributed by atoms with van der Waals surface area (Å²) in [6, 6.07) is 11.0. The summed E-state index contributed by atoms with van der Waals surface area (Å²) in [4.78, 5) is 4.07. The van der Waals surface area contributed by atoms with Gasteiger partial charge in [0.1, 0.15) is 6.61 Å². The van der Waals surface area contributed by atoms with Crippen LogP contribution in [0.25, 0.3) is 0 Å². The number of aliphatic hydroxyl groups excluding tert-OH is 1. The summed E-state index contributed by atoms with van der Waals surface area (Å²) in [5.74, 6) is 0.539. The molecule has 0 amide bonds. The van der Waals surface area contributed by atoms with Crippen molar-refractivity contribution in [3.8, 4) is 5.88 Å². The quantitative estimate of drug-likeness (QED) is 0.906. The van der Waals surface area contributed by atoms with E-state index in [0.717, 1.165) is 11.1 Å². The summed E-state index contributed by atoms with van der Waals surface area (Å²) < 4.78 is 5.50. The molecule has 0 aliphatic rings. The van der Waals surface area contributed by atoms with Crippen molar-refractivity contribution >= 4 is 11.6 Å². The molecule has 0 fully saturated rings. The molecule has 0 aliphatic carbocycles. The molecule has 88 valence electrons. The molecule has 0 bridgehead atoms. The van der Waals surface area contributed by atoms with Crippen LogP contribution < -0.4 is 4.74 Å². The maximum Gasteiger partial charge on any atom is 0.213 e. The Labute approximate surface area is 105 Å². The molecule has 3 nitrogen and oxygen atoms in total. The van der Waals surface area contributed by atoms with Gasteiger partial charge in [-0.3, -0.25) is 0 Å². The standard InChI is InChI=1S/C13H12ClNO2/c14-12-4-1-10(2-5-12)9-17-13-6-3-11(8-16)7-15-13/h1-7,16H,8-9H2. The minimum absolute atomic E-state index is 0.00946. The van der Waals surface area contributed by atoms with Crippen LogP contribution in [0.15, 0.2) is 42.6 Å². The van der Waals surface area contributed by atoms with E-state index in [-0.39, 0.29) is 6.61 Å². The predicted molar refractivity (Wildman–Crippen MR) is 65.9 cm³/mol. The van der Waals surface area contributed by atoms with Gasteiger partial charge in [0, 0.05) is 17.3 Å². The van der Waals surface area contributed by atoms with Crippen LogP contribution in [-0.4, -0.2) is 10.1 Å². The lowest BCUT2D eigenvalue weighted by Gasteiger charge is -2.05. The maximum atomic E-state index is 8.87. The van der Waals surface area contributed by atoms with Crippen LogP contribution in [0.1, 0.15) is 11.1 Å². The molecule has 17 heavy (non-hydrogen) atoms. The Morgan fingerprint density at radius 3 is 2.35 bits per heavy atom. The first-order chi connectivity index (χ1) is 8.28. The van der Waals surface area contributed by atoms with Crippen molar-refractivity contribution in [2.24, 2.45) is 0 Å². The van der Waals surface area contributed by atoms with E-state index in [1.54, 1.807) is 18.3 Å². The molecule has 0 spiro atoms. The molecular formula is C13H12ClNO2. The Morgan fingerprint density at radius 2 is 1.76 bits per heavy atom. The number of pyridine rings is 1. The number of nitrogens with zero attached hydrogens (tertiary/aromatic N) is 1. The van der Waals surface area contributed by atoms with E-state index in [1.807, 2.05) is 24.3 Å². The van der Waals surface area contributed by atoms with Crippen LogP contribution in [-0.2, 0) is 13.2 Å². The second-order valence-corrected chi connectivity index (χ2v) is 4.01. The number of aromatic nitrogens is 1. The van der Waals surface area contributed by atoms with Crippen LogP contribution in [0.3, 0.4) is 0 Å². The van der Waals surface area contributed by atoms with Crippen LogP contribution in [0.5, 0.6) is 5.88 Å². The van der Waals surface area contributed by atoms with Gasteiger partial charge in [0.15, 0.2) is 0 Å². The van der Waals surface area contributed by atoms with E-state index in [9.17, 15) is 0 Å². The molecular weight excluding hydrogens is 238 g/mol. The van der Waals surface area contributed by atoms with Crippen LogP contribution in [0.4, 0.5) is 0 Å². The summed E-state index contributed by atoms with van der Waals surface area (Å²) in [6.07, 6.45) is 1.59. The fourth-order valence-corrected chi connectivity index (χ4v) is 1.45. The first kappa shape index (κ1) is 11.9. The Morgan fingerprint density at radius 1 is 1.06 bits per heavy atom. The third-order valence-electron chi connectivity index (χ3n) is 2.28. The highest BCUT2D eigenvalue weighted by Crippen LogP contribution is 2.13. The third-order valence-corrected chi connectivity index (χ3v) is 2.53. The van der Waals surface area contributed by atoms with Crippen molar-refractivity contribution in [1.29, 1.82) is 0 Å².